The van der Waals surface area contributed by atoms with Gasteiger partial charge in [0.15, 0.2) is 0 Å². The lowest BCUT2D eigenvalue weighted by atomic mass is 10.2. The molecule has 2 rings (SSSR count). The van der Waals surface area contributed by atoms with Crippen LogP contribution in [0.25, 0.3) is 0 Å². The molecule has 0 unspecified atom stereocenters. The number of carbonyl (C=O) groups excluding carboxylic acids is 1. The number of carbonyl (C=O) groups is 1. The third-order valence-electron chi connectivity index (χ3n) is 3.13. The highest BCUT2D eigenvalue weighted by atomic mass is 32.2. The van der Waals surface area contributed by atoms with Gasteiger partial charge in [-0.2, -0.15) is 13.2 Å². The highest BCUT2D eigenvalue weighted by Gasteiger charge is 2.30. The molecular formula is C17H16F3NO2S. The Hall–Kier alpha value is -2.15. The van der Waals surface area contributed by atoms with Gasteiger partial charge in [0.1, 0.15) is 5.75 Å². The highest BCUT2D eigenvalue weighted by molar-refractivity contribution is 7.99. The average Bonchev–Trinajstić information content (AvgIpc) is 2.55. The van der Waals surface area contributed by atoms with Crippen molar-refractivity contribution in [3.05, 3.63) is 54.1 Å². The first-order valence-electron chi connectivity index (χ1n) is 7.12. The predicted octanol–water partition coefficient (Wildman–Crippen LogP) is 4.83. The molecule has 7 heteroatoms. The van der Waals surface area contributed by atoms with Crippen molar-refractivity contribution in [3.63, 3.8) is 0 Å². The third kappa shape index (κ3) is 5.49. The molecule has 0 spiro atoms. The molecule has 0 aromatic heterocycles. The maximum absolute atomic E-state index is 12.6. The van der Waals surface area contributed by atoms with Gasteiger partial charge in [0.2, 0.25) is 5.91 Å². The largest absolute Gasteiger partial charge is 0.497 e. The molecule has 1 amide bonds. The van der Waals surface area contributed by atoms with Crippen molar-refractivity contribution in [2.45, 2.75) is 17.5 Å². The van der Waals surface area contributed by atoms with Gasteiger partial charge in [-0.3, -0.25) is 4.79 Å². The standard InChI is InChI=1S/C17H16F3NO2S/c1-23-14-5-7-15(8-6-14)24-10-9-16(22)21-13-4-2-3-12(11-13)17(18,19)20/h2-8,11H,9-10H2,1H3,(H,21,22). The number of rotatable bonds is 6. The van der Waals surface area contributed by atoms with Crippen molar-refractivity contribution in [3.8, 4) is 5.75 Å². The Bertz CT molecular complexity index is 687. The highest BCUT2D eigenvalue weighted by Crippen LogP contribution is 2.30. The SMILES string of the molecule is COc1ccc(SCCC(=O)Nc2cccc(C(F)(F)F)c2)cc1. The molecule has 24 heavy (non-hydrogen) atoms. The van der Waals surface area contributed by atoms with Crippen molar-refractivity contribution >= 4 is 23.4 Å². The zero-order valence-corrected chi connectivity index (χ0v) is 13.7. The van der Waals surface area contributed by atoms with E-state index < -0.39 is 11.7 Å². The monoisotopic (exact) mass is 355 g/mol. The van der Waals surface area contributed by atoms with E-state index in [1.807, 2.05) is 24.3 Å². The summed E-state index contributed by atoms with van der Waals surface area (Å²) in [5, 5.41) is 2.49. The Morgan fingerprint density at radius 2 is 1.88 bits per heavy atom. The van der Waals surface area contributed by atoms with Gasteiger partial charge in [0, 0.05) is 22.8 Å². The summed E-state index contributed by atoms with van der Waals surface area (Å²) >= 11 is 1.49. The maximum atomic E-state index is 12.6. The van der Waals surface area contributed by atoms with Crippen LogP contribution in [0.1, 0.15) is 12.0 Å². The summed E-state index contributed by atoms with van der Waals surface area (Å²) in [4.78, 5) is 12.8. The molecule has 2 aromatic carbocycles. The number of hydrogen-bond donors (Lipinski definition) is 1. The maximum Gasteiger partial charge on any atom is 0.416 e. The van der Waals surface area contributed by atoms with Crippen LogP contribution in [0.3, 0.4) is 0 Å². The summed E-state index contributed by atoms with van der Waals surface area (Å²) in [6, 6.07) is 12.0. The molecule has 1 N–H and O–H groups in total. The molecule has 0 saturated heterocycles. The Balaban J connectivity index is 1.83. The normalized spacial score (nSPS) is 11.2. The number of benzene rings is 2. The summed E-state index contributed by atoms with van der Waals surface area (Å²) < 4.78 is 42.9. The quantitative estimate of drug-likeness (QED) is 0.754. The molecule has 3 nitrogen and oxygen atoms in total. The number of thioether (sulfide) groups is 1. The molecule has 0 radical (unpaired) electrons. The van der Waals surface area contributed by atoms with Crippen LogP contribution in [-0.2, 0) is 11.0 Å². The van der Waals surface area contributed by atoms with Crippen LogP contribution >= 0.6 is 11.8 Å². The lowest BCUT2D eigenvalue weighted by Crippen LogP contribution is -2.13. The van der Waals surface area contributed by atoms with Gasteiger partial charge in [-0.05, 0) is 42.5 Å². The van der Waals surface area contributed by atoms with Gasteiger partial charge in [-0.15, -0.1) is 11.8 Å². The second kappa shape index (κ2) is 8.10. The number of nitrogens with one attached hydrogen (secondary N) is 1. The van der Waals surface area contributed by atoms with E-state index in [9.17, 15) is 18.0 Å². The van der Waals surface area contributed by atoms with E-state index >= 15 is 0 Å². The number of amides is 1. The van der Waals surface area contributed by atoms with Crippen LogP contribution in [0.4, 0.5) is 18.9 Å². The van der Waals surface area contributed by atoms with E-state index in [0.29, 0.717) is 5.75 Å². The number of anilines is 1. The average molecular weight is 355 g/mol. The predicted molar refractivity (Wildman–Crippen MR) is 88.4 cm³/mol. The van der Waals surface area contributed by atoms with Gasteiger partial charge in [0.25, 0.3) is 0 Å². The minimum absolute atomic E-state index is 0.143. The van der Waals surface area contributed by atoms with Gasteiger partial charge in [-0.1, -0.05) is 6.07 Å². The van der Waals surface area contributed by atoms with E-state index in [-0.39, 0.29) is 18.0 Å². The summed E-state index contributed by atoms with van der Waals surface area (Å²) in [6.07, 6.45) is -4.22. The first-order chi connectivity index (χ1) is 11.4. The summed E-state index contributed by atoms with van der Waals surface area (Å²) in [7, 11) is 1.58. The molecule has 0 aliphatic heterocycles. The topological polar surface area (TPSA) is 38.3 Å². The first-order valence-corrected chi connectivity index (χ1v) is 8.11. The van der Waals surface area contributed by atoms with Crippen LogP contribution in [0.5, 0.6) is 5.75 Å². The Morgan fingerprint density at radius 1 is 1.17 bits per heavy atom. The fraction of sp³-hybridized carbons (Fsp3) is 0.235. The number of ether oxygens (including phenoxy) is 1. The van der Waals surface area contributed by atoms with Crippen LogP contribution in [0, 0.1) is 0 Å². The fourth-order valence-corrected chi connectivity index (χ4v) is 2.78. The van der Waals surface area contributed by atoms with Crippen molar-refractivity contribution in [2.75, 3.05) is 18.2 Å². The summed E-state index contributed by atoms with van der Waals surface area (Å²) in [5.41, 5.74) is -0.641. The Labute approximate surface area is 142 Å². The third-order valence-corrected chi connectivity index (χ3v) is 4.14. The van der Waals surface area contributed by atoms with E-state index in [0.717, 1.165) is 22.8 Å². The number of methoxy groups -OCH3 is 1. The molecule has 0 heterocycles. The van der Waals surface area contributed by atoms with E-state index in [1.165, 1.54) is 23.9 Å². The minimum Gasteiger partial charge on any atom is -0.497 e. The zero-order chi connectivity index (χ0) is 17.6. The van der Waals surface area contributed by atoms with E-state index in [4.69, 9.17) is 4.74 Å². The number of hydrogen-bond acceptors (Lipinski definition) is 3. The van der Waals surface area contributed by atoms with Gasteiger partial charge in [0.05, 0.1) is 12.7 Å². The molecule has 0 aliphatic rings. The Morgan fingerprint density at radius 3 is 2.50 bits per heavy atom. The van der Waals surface area contributed by atoms with Crippen molar-refractivity contribution in [1.82, 2.24) is 0 Å². The second-order valence-electron chi connectivity index (χ2n) is 4.90. The van der Waals surface area contributed by atoms with Crippen molar-refractivity contribution in [2.24, 2.45) is 0 Å². The smallest absolute Gasteiger partial charge is 0.416 e. The van der Waals surface area contributed by atoms with Crippen LogP contribution in [0.2, 0.25) is 0 Å². The first kappa shape index (κ1) is 18.2. The van der Waals surface area contributed by atoms with Crippen molar-refractivity contribution < 1.29 is 22.7 Å². The fourth-order valence-electron chi connectivity index (χ4n) is 1.93. The van der Waals surface area contributed by atoms with Gasteiger partial charge < -0.3 is 10.1 Å². The van der Waals surface area contributed by atoms with E-state index in [2.05, 4.69) is 5.32 Å². The minimum atomic E-state index is -4.43. The number of alkyl halides is 3. The van der Waals surface area contributed by atoms with Crippen LogP contribution in [-0.4, -0.2) is 18.8 Å². The summed E-state index contributed by atoms with van der Waals surface area (Å²) in [6.45, 7) is 0. The molecule has 0 atom stereocenters. The molecule has 2 aromatic rings. The second-order valence-corrected chi connectivity index (χ2v) is 6.07. The molecule has 0 aliphatic carbocycles. The van der Waals surface area contributed by atoms with Crippen molar-refractivity contribution in [1.29, 1.82) is 0 Å². The van der Waals surface area contributed by atoms with E-state index in [1.54, 1.807) is 7.11 Å². The zero-order valence-electron chi connectivity index (χ0n) is 12.9. The molecule has 0 fully saturated rings. The Kier molecular flexibility index (Phi) is 6.14. The van der Waals surface area contributed by atoms with Crippen LogP contribution < -0.4 is 10.1 Å². The molecular weight excluding hydrogens is 339 g/mol. The van der Waals surface area contributed by atoms with Gasteiger partial charge >= 0.3 is 6.18 Å². The lowest BCUT2D eigenvalue weighted by Gasteiger charge is -2.10. The molecule has 0 bridgehead atoms. The van der Waals surface area contributed by atoms with Gasteiger partial charge in [-0.25, -0.2) is 0 Å². The lowest BCUT2D eigenvalue weighted by molar-refractivity contribution is -0.137. The molecule has 0 saturated carbocycles. The molecule has 128 valence electrons. The summed E-state index contributed by atoms with van der Waals surface area (Å²) in [5.74, 6) is 0.953. The van der Waals surface area contributed by atoms with Crippen LogP contribution in [0.15, 0.2) is 53.4 Å². The number of halogens is 3.